The summed E-state index contributed by atoms with van der Waals surface area (Å²) < 4.78 is 0. The van der Waals surface area contributed by atoms with E-state index in [2.05, 4.69) is 41.1 Å². The molecular weight excluding hydrogens is 298 g/mol. The van der Waals surface area contributed by atoms with Gasteiger partial charge in [-0.15, -0.1) is 0 Å². The van der Waals surface area contributed by atoms with Gasteiger partial charge in [-0.25, -0.2) is 4.99 Å². The van der Waals surface area contributed by atoms with E-state index >= 15 is 0 Å². The molecule has 0 bridgehead atoms. The molecule has 1 aromatic rings. The molecule has 0 aromatic heterocycles. The van der Waals surface area contributed by atoms with Crippen LogP contribution in [0.3, 0.4) is 0 Å². The van der Waals surface area contributed by atoms with Gasteiger partial charge in [-0.05, 0) is 56.2 Å². The van der Waals surface area contributed by atoms with E-state index in [1.54, 1.807) is 0 Å². The summed E-state index contributed by atoms with van der Waals surface area (Å²) in [6.45, 7) is 2.23. The molecule has 2 aliphatic rings. The number of benzene rings is 1. The Morgan fingerprint density at radius 1 is 1.04 bits per heavy atom. The Kier molecular flexibility index (Phi) is 5.07. The predicted octanol–water partition coefficient (Wildman–Crippen LogP) is 3.53. The summed E-state index contributed by atoms with van der Waals surface area (Å²) in [7, 11) is 0. The van der Waals surface area contributed by atoms with Gasteiger partial charge in [0.15, 0.2) is 0 Å². The average Bonchev–Trinajstić information content (AvgIpc) is 2.56. The van der Waals surface area contributed by atoms with E-state index in [4.69, 9.17) is 16.5 Å². The zero-order chi connectivity index (χ0) is 17.0. The first kappa shape index (κ1) is 16.8. The van der Waals surface area contributed by atoms with Crippen LogP contribution < -0.4 is 16.4 Å². The normalized spacial score (nSPS) is 20.0. The minimum Gasteiger partial charge on any atom is -0.369 e. The number of nitrogens with zero attached hydrogens (tertiary/aromatic N) is 3. The lowest BCUT2D eigenvalue weighted by Gasteiger charge is -2.45. The van der Waals surface area contributed by atoms with Crippen LogP contribution in [0, 0.1) is 0 Å². The zero-order valence-corrected chi connectivity index (χ0v) is 14.7. The van der Waals surface area contributed by atoms with Gasteiger partial charge < -0.3 is 11.5 Å². The number of hydrogen-bond acceptors (Lipinski definition) is 5. The van der Waals surface area contributed by atoms with Crippen molar-refractivity contribution in [1.82, 2.24) is 0 Å². The van der Waals surface area contributed by atoms with Crippen LogP contribution in [-0.2, 0) is 6.42 Å². The first-order valence-electron chi connectivity index (χ1n) is 9.23. The van der Waals surface area contributed by atoms with Crippen molar-refractivity contribution in [3.05, 3.63) is 29.8 Å². The van der Waals surface area contributed by atoms with E-state index in [1.165, 1.54) is 31.2 Å². The van der Waals surface area contributed by atoms with Crippen LogP contribution >= 0.6 is 0 Å². The lowest BCUT2D eigenvalue weighted by Crippen LogP contribution is -2.58. The quantitative estimate of drug-likeness (QED) is 0.812. The maximum atomic E-state index is 6.26. The fourth-order valence-electron chi connectivity index (χ4n) is 3.89. The van der Waals surface area contributed by atoms with Crippen molar-refractivity contribution in [2.75, 3.05) is 4.90 Å². The number of unbranched alkanes of at least 4 members (excludes halogenated alkanes) is 2. The predicted molar refractivity (Wildman–Crippen MR) is 101 cm³/mol. The van der Waals surface area contributed by atoms with Crippen molar-refractivity contribution < 1.29 is 0 Å². The van der Waals surface area contributed by atoms with Crippen molar-refractivity contribution in [2.45, 2.75) is 70.4 Å². The summed E-state index contributed by atoms with van der Waals surface area (Å²) in [6.07, 6.45) is 10.4. The fraction of sp³-hybridized carbons (Fsp3) is 0.579. The molecule has 1 spiro atoms. The minimum atomic E-state index is -0.349. The molecule has 0 amide bonds. The second kappa shape index (κ2) is 7.24. The van der Waals surface area contributed by atoms with Crippen LogP contribution in [0.25, 0.3) is 0 Å². The molecule has 0 saturated heterocycles. The van der Waals surface area contributed by atoms with E-state index in [0.29, 0.717) is 11.9 Å². The number of hydrogen-bond donors (Lipinski definition) is 2. The molecule has 3 rings (SSSR count). The second-order valence-corrected chi connectivity index (χ2v) is 6.94. The number of anilines is 1. The van der Waals surface area contributed by atoms with E-state index in [-0.39, 0.29) is 5.66 Å². The topological polar surface area (TPSA) is 80.0 Å². The van der Waals surface area contributed by atoms with Crippen LogP contribution in [0.2, 0.25) is 0 Å². The monoisotopic (exact) mass is 327 g/mol. The lowest BCUT2D eigenvalue weighted by atomic mass is 9.87. The van der Waals surface area contributed by atoms with E-state index in [0.717, 1.165) is 37.8 Å². The Bertz CT molecular complexity index is 611. The van der Waals surface area contributed by atoms with Crippen LogP contribution in [0.5, 0.6) is 0 Å². The molecule has 0 radical (unpaired) electrons. The number of rotatable bonds is 5. The molecule has 1 aliphatic carbocycles. The molecular formula is C19H29N5. The SMILES string of the molecule is CCCCCc1ccc(N2C(N)=NC(N)=NC23CCCCC3)cc1. The Labute approximate surface area is 144 Å². The first-order valence-corrected chi connectivity index (χ1v) is 9.23. The highest BCUT2D eigenvalue weighted by Crippen LogP contribution is 2.39. The summed E-state index contributed by atoms with van der Waals surface area (Å²) in [5.74, 6) is 0.768. The van der Waals surface area contributed by atoms with Gasteiger partial charge in [0.25, 0.3) is 0 Å². The zero-order valence-electron chi connectivity index (χ0n) is 14.7. The lowest BCUT2D eigenvalue weighted by molar-refractivity contribution is 0.305. The number of aryl methyl sites for hydroxylation is 1. The van der Waals surface area contributed by atoms with Gasteiger partial charge in [0.1, 0.15) is 5.66 Å². The molecule has 1 fully saturated rings. The molecule has 1 aromatic carbocycles. The molecule has 0 atom stereocenters. The molecule has 24 heavy (non-hydrogen) atoms. The summed E-state index contributed by atoms with van der Waals surface area (Å²) in [4.78, 5) is 11.0. The van der Waals surface area contributed by atoms with Crippen LogP contribution in [-0.4, -0.2) is 17.6 Å². The van der Waals surface area contributed by atoms with Gasteiger partial charge in [-0.3, -0.25) is 4.90 Å². The van der Waals surface area contributed by atoms with Crippen molar-refractivity contribution in [3.63, 3.8) is 0 Å². The van der Waals surface area contributed by atoms with Gasteiger partial charge in [0.05, 0.1) is 0 Å². The molecule has 1 saturated carbocycles. The molecule has 5 nitrogen and oxygen atoms in total. The van der Waals surface area contributed by atoms with Crippen molar-refractivity contribution >= 4 is 17.6 Å². The number of guanidine groups is 2. The number of nitrogens with two attached hydrogens (primary N) is 2. The van der Waals surface area contributed by atoms with Gasteiger partial charge >= 0.3 is 0 Å². The van der Waals surface area contributed by atoms with Crippen molar-refractivity contribution in [3.8, 4) is 0 Å². The maximum absolute atomic E-state index is 6.26. The van der Waals surface area contributed by atoms with Gasteiger partial charge in [-0.2, -0.15) is 4.99 Å². The molecule has 130 valence electrons. The third kappa shape index (κ3) is 3.40. The van der Waals surface area contributed by atoms with Gasteiger partial charge in [0, 0.05) is 5.69 Å². The summed E-state index contributed by atoms with van der Waals surface area (Å²) >= 11 is 0. The highest BCUT2D eigenvalue weighted by atomic mass is 15.4. The third-order valence-corrected chi connectivity index (χ3v) is 5.11. The van der Waals surface area contributed by atoms with Gasteiger partial charge in [-0.1, -0.05) is 38.3 Å². The Morgan fingerprint density at radius 2 is 1.75 bits per heavy atom. The average molecular weight is 327 g/mol. The first-order chi connectivity index (χ1) is 11.6. The molecule has 5 heteroatoms. The molecule has 1 aliphatic heterocycles. The van der Waals surface area contributed by atoms with Crippen LogP contribution in [0.15, 0.2) is 34.3 Å². The van der Waals surface area contributed by atoms with E-state index < -0.39 is 0 Å². The highest BCUT2D eigenvalue weighted by Gasteiger charge is 2.42. The molecule has 0 unspecified atom stereocenters. The second-order valence-electron chi connectivity index (χ2n) is 6.94. The van der Waals surface area contributed by atoms with Crippen molar-refractivity contribution in [1.29, 1.82) is 0 Å². The molecule has 4 N–H and O–H groups in total. The Balaban J connectivity index is 1.84. The summed E-state index contributed by atoms with van der Waals surface area (Å²) in [5, 5.41) is 0. The minimum absolute atomic E-state index is 0.307. The van der Waals surface area contributed by atoms with Gasteiger partial charge in [0.2, 0.25) is 11.9 Å². The Morgan fingerprint density at radius 3 is 2.42 bits per heavy atom. The van der Waals surface area contributed by atoms with Crippen LogP contribution in [0.1, 0.15) is 63.9 Å². The largest absolute Gasteiger partial charge is 0.369 e. The molecule has 1 heterocycles. The standard InChI is InChI=1S/C19H29N5/c1-2-3-5-8-15-9-11-16(12-10-15)24-18(21)22-17(20)23-19(24)13-6-4-7-14-19/h9-12H,2-8,13-14H2,1H3,(H4,20,21,22,23). The van der Waals surface area contributed by atoms with E-state index in [1.807, 2.05) is 0 Å². The maximum Gasteiger partial charge on any atom is 0.220 e. The fourth-order valence-corrected chi connectivity index (χ4v) is 3.89. The third-order valence-electron chi connectivity index (χ3n) is 5.11. The number of aliphatic imine (C=N–C) groups is 2. The summed E-state index contributed by atoms with van der Waals surface area (Å²) in [6, 6.07) is 8.71. The Hall–Kier alpha value is -2.04. The van der Waals surface area contributed by atoms with Crippen LogP contribution in [0.4, 0.5) is 5.69 Å². The van der Waals surface area contributed by atoms with E-state index in [9.17, 15) is 0 Å². The smallest absolute Gasteiger partial charge is 0.220 e. The summed E-state index contributed by atoms with van der Waals surface area (Å²) in [5.41, 5.74) is 14.3. The highest BCUT2D eigenvalue weighted by molar-refractivity contribution is 6.05. The van der Waals surface area contributed by atoms with Crippen molar-refractivity contribution in [2.24, 2.45) is 21.5 Å².